The van der Waals surface area contributed by atoms with E-state index in [0.29, 0.717) is 19.2 Å². The van der Waals surface area contributed by atoms with Crippen LogP contribution in [0.15, 0.2) is 18.3 Å². The number of halogens is 3. The number of amides is 1. The number of rotatable bonds is 2. The SMILES string of the molecule is O=C(c1ccc(C(F)(F)F)cn1)N1C[C@@H]2CCC[C@@]2(C(=O)O)C1. The van der Waals surface area contributed by atoms with Gasteiger partial charge in [-0.1, -0.05) is 6.42 Å². The van der Waals surface area contributed by atoms with Crippen LogP contribution in [0.5, 0.6) is 0 Å². The molecule has 124 valence electrons. The Labute approximate surface area is 130 Å². The van der Waals surface area contributed by atoms with Gasteiger partial charge in [0.25, 0.3) is 5.91 Å². The number of aliphatic carboxylic acids is 1. The van der Waals surface area contributed by atoms with Crippen molar-refractivity contribution in [2.24, 2.45) is 11.3 Å². The summed E-state index contributed by atoms with van der Waals surface area (Å²) in [5, 5.41) is 9.49. The molecule has 5 nitrogen and oxygen atoms in total. The molecule has 0 aromatic carbocycles. The average Bonchev–Trinajstić information content (AvgIpc) is 3.03. The van der Waals surface area contributed by atoms with Gasteiger partial charge >= 0.3 is 12.1 Å². The summed E-state index contributed by atoms with van der Waals surface area (Å²) in [6.07, 6.45) is -1.80. The van der Waals surface area contributed by atoms with Crippen molar-refractivity contribution in [2.45, 2.75) is 25.4 Å². The molecule has 1 saturated heterocycles. The van der Waals surface area contributed by atoms with E-state index in [4.69, 9.17) is 0 Å². The standard InChI is InChI=1S/C15H15F3N2O3/c16-15(17,18)9-3-4-11(19-6-9)12(21)20-7-10-2-1-5-14(10,8-20)13(22)23/h3-4,6,10H,1-2,5,7-8H2,(H,22,23)/t10-,14+/m0/s1. The lowest BCUT2D eigenvalue weighted by atomic mass is 9.81. The van der Waals surface area contributed by atoms with Gasteiger partial charge in [-0.05, 0) is 30.9 Å². The Kier molecular flexibility index (Phi) is 3.57. The number of carboxylic acid groups (broad SMARTS) is 1. The van der Waals surface area contributed by atoms with Gasteiger partial charge in [0.1, 0.15) is 5.69 Å². The number of alkyl halides is 3. The second-order valence-corrected chi connectivity index (χ2v) is 6.17. The van der Waals surface area contributed by atoms with E-state index in [1.54, 1.807) is 0 Å². The molecule has 1 amide bonds. The van der Waals surface area contributed by atoms with Gasteiger partial charge in [0.15, 0.2) is 0 Å². The Bertz CT molecular complexity index is 644. The van der Waals surface area contributed by atoms with E-state index in [9.17, 15) is 27.9 Å². The number of carbonyl (C=O) groups is 2. The summed E-state index contributed by atoms with van der Waals surface area (Å²) < 4.78 is 37.5. The average molecular weight is 328 g/mol. The van der Waals surface area contributed by atoms with E-state index in [0.717, 1.165) is 25.0 Å². The van der Waals surface area contributed by atoms with Crippen molar-refractivity contribution in [3.63, 3.8) is 0 Å². The highest BCUT2D eigenvalue weighted by Gasteiger charge is 2.55. The maximum atomic E-state index is 12.5. The van der Waals surface area contributed by atoms with Crippen molar-refractivity contribution in [2.75, 3.05) is 13.1 Å². The van der Waals surface area contributed by atoms with Gasteiger partial charge in [-0.15, -0.1) is 0 Å². The van der Waals surface area contributed by atoms with Crippen molar-refractivity contribution in [3.05, 3.63) is 29.6 Å². The zero-order valence-corrected chi connectivity index (χ0v) is 12.1. The van der Waals surface area contributed by atoms with E-state index >= 15 is 0 Å². The van der Waals surface area contributed by atoms with E-state index < -0.39 is 29.0 Å². The second kappa shape index (κ2) is 5.21. The van der Waals surface area contributed by atoms with Gasteiger partial charge in [0.05, 0.1) is 11.0 Å². The first-order valence-electron chi connectivity index (χ1n) is 7.30. The lowest BCUT2D eigenvalue weighted by molar-refractivity contribution is -0.149. The Morgan fingerprint density at radius 2 is 2.09 bits per heavy atom. The first kappa shape index (κ1) is 15.8. The van der Waals surface area contributed by atoms with E-state index in [1.165, 1.54) is 4.90 Å². The van der Waals surface area contributed by atoms with Crippen molar-refractivity contribution in [1.29, 1.82) is 0 Å². The molecule has 2 atom stereocenters. The van der Waals surface area contributed by atoms with Crippen LogP contribution in [-0.2, 0) is 11.0 Å². The molecule has 2 fully saturated rings. The fourth-order valence-corrected chi connectivity index (χ4v) is 3.64. The first-order chi connectivity index (χ1) is 10.7. The highest BCUT2D eigenvalue weighted by atomic mass is 19.4. The number of likely N-dealkylation sites (tertiary alicyclic amines) is 1. The summed E-state index contributed by atoms with van der Waals surface area (Å²) in [5.74, 6) is -1.53. The Hall–Kier alpha value is -2.12. The van der Waals surface area contributed by atoms with E-state index in [2.05, 4.69) is 4.98 Å². The lowest BCUT2D eigenvalue weighted by Gasteiger charge is -2.23. The van der Waals surface area contributed by atoms with Crippen LogP contribution >= 0.6 is 0 Å². The first-order valence-corrected chi connectivity index (χ1v) is 7.30. The molecule has 1 aliphatic carbocycles. The molecule has 1 aromatic rings. The maximum Gasteiger partial charge on any atom is 0.417 e. The van der Waals surface area contributed by atoms with Crippen LogP contribution in [-0.4, -0.2) is 40.0 Å². The molecule has 1 N–H and O–H groups in total. The molecule has 1 aromatic heterocycles. The largest absolute Gasteiger partial charge is 0.481 e. The summed E-state index contributed by atoms with van der Waals surface area (Å²) in [7, 11) is 0. The summed E-state index contributed by atoms with van der Waals surface area (Å²) in [4.78, 5) is 29.0. The molecule has 1 aliphatic heterocycles. The third-order valence-corrected chi connectivity index (χ3v) is 4.89. The van der Waals surface area contributed by atoms with Gasteiger partial charge in [-0.25, -0.2) is 0 Å². The van der Waals surface area contributed by atoms with Crippen LogP contribution in [0.4, 0.5) is 13.2 Å². The van der Waals surface area contributed by atoms with Crippen molar-refractivity contribution < 1.29 is 27.9 Å². The van der Waals surface area contributed by atoms with E-state index in [-0.39, 0.29) is 18.2 Å². The normalized spacial score (nSPS) is 27.1. The topological polar surface area (TPSA) is 70.5 Å². The molecule has 23 heavy (non-hydrogen) atoms. The summed E-state index contributed by atoms with van der Waals surface area (Å²) in [5.41, 5.74) is -1.94. The second-order valence-electron chi connectivity index (χ2n) is 6.17. The van der Waals surface area contributed by atoms with Gasteiger partial charge < -0.3 is 10.0 Å². The lowest BCUT2D eigenvalue weighted by Crippen LogP contribution is -2.37. The smallest absolute Gasteiger partial charge is 0.417 e. The molecule has 0 unspecified atom stereocenters. The predicted molar refractivity (Wildman–Crippen MR) is 72.6 cm³/mol. The molecular formula is C15H15F3N2O3. The molecule has 1 saturated carbocycles. The number of hydrogen-bond donors (Lipinski definition) is 1. The minimum absolute atomic E-state index is 0.0918. The number of nitrogens with zero attached hydrogens (tertiary/aromatic N) is 2. The minimum Gasteiger partial charge on any atom is -0.481 e. The molecule has 0 radical (unpaired) electrons. The van der Waals surface area contributed by atoms with E-state index in [1.807, 2.05) is 0 Å². The van der Waals surface area contributed by atoms with Gasteiger partial charge in [0, 0.05) is 19.3 Å². The van der Waals surface area contributed by atoms with Crippen molar-refractivity contribution in [3.8, 4) is 0 Å². The number of pyridine rings is 1. The fraction of sp³-hybridized carbons (Fsp3) is 0.533. The molecule has 0 bridgehead atoms. The molecule has 0 spiro atoms. The Morgan fingerprint density at radius 3 is 2.61 bits per heavy atom. The van der Waals surface area contributed by atoms with Crippen LogP contribution < -0.4 is 0 Å². The van der Waals surface area contributed by atoms with Crippen LogP contribution in [0.2, 0.25) is 0 Å². The summed E-state index contributed by atoms with van der Waals surface area (Å²) in [6, 6.07) is 1.84. The highest BCUT2D eigenvalue weighted by Crippen LogP contribution is 2.49. The van der Waals surface area contributed by atoms with Crippen LogP contribution in [0.3, 0.4) is 0 Å². The molecule has 2 aliphatic rings. The maximum absolute atomic E-state index is 12.5. The van der Waals surface area contributed by atoms with Crippen LogP contribution in [0.1, 0.15) is 35.3 Å². The molecular weight excluding hydrogens is 313 g/mol. The zero-order valence-electron chi connectivity index (χ0n) is 12.1. The number of carboxylic acids is 1. The third kappa shape index (κ3) is 2.55. The number of fused-ring (bicyclic) bond motifs is 1. The fourth-order valence-electron chi connectivity index (χ4n) is 3.64. The van der Waals surface area contributed by atoms with Gasteiger partial charge in [-0.3, -0.25) is 14.6 Å². The minimum atomic E-state index is -4.51. The number of aromatic nitrogens is 1. The Balaban J connectivity index is 1.78. The van der Waals surface area contributed by atoms with Gasteiger partial charge in [-0.2, -0.15) is 13.2 Å². The predicted octanol–water partition coefficient (Wildman–Crippen LogP) is 2.43. The van der Waals surface area contributed by atoms with Crippen LogP contribution in [0, 0.1) is 11.3 Å². The summed E-state index contributed by atoms with van der Waals surface area (Å²) in [6.45, 7) is 0.405. The monoisotopic (exact) mass is 328 g/mol. The summed E-state index contributed by atoms with van der Waals surface area (Å²) >= 11 is 0. The quantitative estimate of drug-likeness (QED) is 0.905. The van der Waals surface area contributed by atoms with Crippen LogP contribution in [0.25, 0.3) is 0 Å². The number of carbonyl (C=O) groups excluding carboxylic acids is 1. The zero-order chi connectivity index (χ0) is 16.8. The Morgan fingerprint density at radius 1 is 1.35 bits per heavy atom. The third-order valence-electron chi connectivity index (χ3n) is 4.89. The van der Waals surface area contributed by atoms with Crippen molar-refractivity contribution >= 4 is 11.9 Å². The number of hydrogen-bond acceptors (Lipinski definition) is 3. The molecule has 8 heteroatoms. The highest BCUT2D eigenvalue weighted by molar-refractivity contribution is 5.93. The van der Waals surface area contributed by atoms with Gasteiger partial charge in [0.2, 0.25) is 0 Å². The molecule has 2 heterocycles. The molecule has 3 rings (SSSR count). The van der Waals surface area contributed by atoms with Crippen molar-refractivity contribution in [1.82, 2.24) is 9.88 Å².